The smallest absolute Gasteiger partial charge is 0.336 e. The van der Waals surface area contributed by atoms with Crippen LogP contribution in [-0.2, 0) is 26.4 Å². The summed E-state index contributed by atoms with van der Waals surface area (Å²) in [4.78, 5) is 24.9. The summed E-state index contributed by atoms with van der Waals surface area (Å²) in [7, 11) is 1.25. The monoisotopic (exact) mass is 396 g/mol. The van der Waals surface area contributed by atoms with E-state index in [0.29, 0.717) is 16.5 Å². The van der Waals surface area contributed by atoms with Gasteiger partial charge in [-0.25, -0.2) is 9.48 Å². The van der Waals surface area contributed by atoms with Crippen LogP contribution in [0, 0.1) is 0 Å². The largest absolute Gasteiger partial charge is 0.467 e. The van der Waals surface area contributed by atoms with E-state index in [9.17, 15) is 9.59 Å². The Bertz CT molecular complexity index is 850. The van der Waals surface area contributed by atoms with E-state index in [0.717, 1.165) is 18.5 Å². The third kappa shape index (κ3) is 3.83. The molecule has 1 amide bonds. The Balaban J connectivity index is 1.79. The molecule has 1 saturated carbocycles. The van der Waals surface area contributed by atoms with Crippen LogP contribution in [-0.4, -0.2) is 34.0 Å². The van der Waals surface area contributed by atoms with Crippen molar-refractivity contribution in [2.45, 2.75) is 37.8 Å². The minimum atomic E-state index is -1.42. The molecule has 0 bridgehead atoms. The molecule has 1 aromatic heterocycles. The van der Waals surface area contributed by atoms with Crippen LogP contribution in [0.3, 0.4) is 0 Å². The maximum absolute atomic E-state index is 12.5. The third-order valence-electron chi connectivity index (χ3n) is 4.34. The van der Waals surface area contributed by atoms with Gasteiger partial charge in [-0.05, 0) is 37.5 Å². The van der Waals surface area contributed by atoms with Gasteiger partial charge in [0.15, 0.2) is 5.54 Å². The van der Waals surface area contributed by atoms with Crippen molar-refractivity contribution in [3.8, 4) is 0 Å². The van der Waals surface area contributed by atoms with Crippen molar-refractivity contribution in [3.05, 3.63) is 45.7 Å². The molecule has 0 aliphatic heterocycles. The molecule has 7 nitrogen and oxygen atoms in total. The highest BCUT2D eigenvalue weighted by Crippen LogP contribution is 2.38. The zero-order valence-corrected chi connectivity index (χ0v) is 15.8. The van der Waals surface area contributed by atoms with Gasteiger partial charge in [-0.1, -0.05) is 34.5 Å². The SMILES string of the molecule is COC(=O)[C@](C)(NC(=O)Cn1cc(C2CC2)nn1)c1ccc(Cl)c(Cl)c1. The molecule has 2 aromatic rings. The zero-order chi connectivity index (χ0) is 18.9. The van der Waals surface area contributed by atoms with E-state index < -0.39 is 17.4 Å². The summed E-state index contributed by atoms with van der Waals surface area (Å²) in [6, 6.07) is 4.71. The van der Waals surface area contributed by atoms with Gasteiger partial charge in [0.1, 0.15) is 6.54 Å². The first-order valence-corrected chi connectivity index (χ1v) is 8.84. The normalized spacial score (nSPS) is 16.0. The van der Waals surface area contributed by atoms with E-state index in [2.05, 4.69) is 15.6 Å². The molecule has 138 valence electrons. The Morgan fingerprint density at radius 2 is 2.08 bits per heavy atom. The lowest BCUT2D eigenvalue weighted by atomic mass is 9.92. The van der Waals surface area contributed by atoms with E-state index in [1.54, 1.807) is 25.3 Å². The Labute approximate surface area is 160 Å². The van der Waals surface area contributed by atoms with Crippen LogP contribution in [0.5, 0.6) is 0 Å². The Morgan fingerprint density at radius 3 is 2.69 bits per heavy atom. The molecule has 26 heavy (non-hydrogen) atoms. The summed E-state index contributed by atoms with van der Waals surface area (Å²) in [6.45, 7) is 1.49. The lowest BCUT2D eigenvalue weighted by Crippen LogP contribution is -2.51. The molecule has 1 heterocycles. The topological polar surface area (TPSA) is 86.1 Å². The minimum absolute atomic E-state index is 0.0619. The number of carbonyl (C=O) groups is 2. The molecule has 1 aliphatic rings. The number of nitrogens with one attached hydrogen (secondary N) is 1. The second-order valence-electron chi connectivity index (χ2n) is 6.41. The van der Waals surface area contributed by atoms with Crippen molar-refractivity contribution >= 4 is 35.1 Å². The Hall–Kier alpha value is -2.12. The predicted molar refractivity (Wildman–Crippen MR) is 96.0 cm³/mol. The van der Waals surface area contributed by atoms with Crippen molar-refractivity contribution in [1.82, 2.24) is 20.3 Å². The number of aromatic nitrogens is 3. The Morgan fingerprint density at radius 1 is 1.35 bits per heavy atom. The molecule has 0 radical (unpaired) electrons. The van der Waals surface area contributed by atoms with Crippen molar-refractivity contribution < 1.29 is 14.3 Å². The van der Waals surface area contributed by atoms with Crippen molar-refractivity contribution in [2.75, 3.05) is 7.11 Å². The summed E-state index contributed by atoms with van der Waals surface area (Å²) in [5.41, 5.74) is -0.0673. The number of rotatable bonds is 6. The maximum Gasteiger partial charge on any atom is 0.336 e. The fraction of sp³-hybridized carbons (Fsp3) is 0.412. The lowest BCUT2D eigenvalue weighted by molar-refractivity contribution is -0.150. The first-order chi connectivity index (χ1) is 12.3. The highest BCUT2D eigenvalue weighted by Gasteiger charge is 2.38. The van der Waals surface area contributed by atoms with Gasteiger partial charge in [-0.3, -0.25) is 4.79 Å². The van der Waals surface area contributed by atoms with Crippen LogP contribution in [0.2, 0.25) is 10.0 Å². The van der Waals surface area contributed by atoms with E-state index >= 15 is 0 Å². The summed E-state index contributed by atoms with van der Waals surface area (Å²) < 4.78 is 6.32. The van der Waals surface area contributed by atoms with E-state index in [4.69, 9.17) is 27.9 Å². The second-order valence-corrected chi connectivity index (χ2v) is 7.22. The quantitative estimate of drug-likeness (QED) is 0.758. The number of hydrogen-bond acceptors (Lipinski definition) is 5. The molecular weight excluding hydrogens is 379 g/mol. The molecule has 0 spiro atoms. The molecule has 1 aromatic carbocycles. The van der Waals surface area contributed by atoms with Crippen molar-refractivity contribution in [1.29, 1.82) is 0 Å². The van der Waals surface area contributed by atoms with Crippen LogP contribution in [0.15, 0.2) is 24.4 Å². The molecule has 9 heteroatoms. The van der Waals surface area contributed by atoms with Gasteiger partial charge in [-0.2, -0.15) is 0 Å². The predicted octanol–water partition coefficient (Wildman–Crippen LogP) is 2.67. The van der Waals surface area contributed by atoms with Gasteiger partial charge >= 0.3 is 5.97 Å². The highest BCUT2D eigenvalue weighted by molar-refractivity contribution is 6.42. The van der Waals surface area contributed by atoms with Gasteiger partial charge in [0, 0.05) is 12.1 Å². The summed E-state index contributed by atoms with van der Waals surface area (Å²) >= 11 is 12.0. The number of methoxy groups -OCH3 is 1. The first kappa shape index (κ1) is 18.7. The number of hydrogen-bond donors (Lipinski definition) is 1. The van der Waals surface area contributed by atoms with E-state index in [1.165, 1.54) is 17.9 Å². The molecular formula is C17H18Cl2N4O3. The fourth-order valence-electron chi connectivity index (χ4n) is 2.67. The average molecular weight is 397 g/mol. The maximum atomic E-state index is 12.5. The van der Waals surface area contributed by atoms with Gasteiger partial charge in [0.05, 0.1) is 22.8 Å². The molecule has 0 unspecified atom stereocenters. The standard InChI is InChI=1S/C17H18Cl2N4O3/c1-17(16(25)26-2,11-5-6-12(18)13(19)7-11)20-15(24)9-23-8-14(21-22-23)10-3-4-10/h5-8,10H,3-4,9H2,1-2H3,(H,20,24)/t17-/m1/s1. The zero-order valence-electron chi connectivity index (χ0n) is 14.3. The van der Waals surface area contributed by atoms with Gasteiger partial charge in [0.2, 0.25) is 5.91 Å². The lowest BCUT2D eigenvalue weighted by Gasteiger charge is -2.28. The number of benzene rings is 1. The average Bonchev–Trinajstić information content (AvgIpc) is 3.36. The van der Waals surface area contributed by atoms with Gasteiger partial charge in [-0.15, -0.1) is 5.10 Å². The second kappa shape index (κ2) is 7.25. The fourth-order valence-corrected chi connectivity index (χ4v) is 2.97. The summed E-state index contributed by atoms with van der Waals surface area (Å²) in [5, 5.41) is 11.4. The molecule has 1 fully saturated rings. The van der Waals surface area contributed by atoms with Crippen molar-refractivity contribution in [3.63, 3.8) is 0 Å². The first-order valence-electron chi connectivity index (χ1n) is 8.08. The molecule has 1 aliphatic carbocycles. The third-order valence-corrected chi connectivity index (χ3v) is 5.08. The molecule has 1 N–H and O–H groups in total. The highest BCUT2D eigenvalue weighted by atomic mass is 35.5. The van der Waals surface area contributed by atoms with Gasteiger partial charge < -0.3 is 10.1 Å². The summed E-state index contributed by atoms with van der Waals surface area (Å²) in [5.74, 6) is -0.582. The number of carbonyl (C=O) groups excluding carboxylic acids is 2. The Kier molecular flexibility index (Phi) is 5.20. The number of ether oxygens (including phenoxy) is 1. The number of amides is 1. The van der Waals surface area contributed by atoms with Crippen LogP contribution in [0.4, 0.5) is 0 Å². The van der Waals surface area contributed by atoms with Crippen molar-refractivity contribution in [2.24, 2.45) is 0 Å². The number of nitrogens with zero attached hydrogens (tertiary/aromatic N) is 3. The number of esters is 1. The van der Waals surface area contributed by atoms with Crippen LogP contribution in [0.1, 0.15) is 36.9 Å². The van der Waals surface area contributed by atoms with E-state index in [1.807, 2.05) is 0 Å². The minimum Gasteiger partial charge on any atom is -0.467 e. The van der Waals surface area contributed by atoms with E-state index in [-0.39, 0.29) is 11.6 Å². The van der Waals surface area contributed by atoms with Crippen LogP contribution in [0.25, 0.3) is 0 Å². The number of halogens is 2. The molecule has 3 rings (SSSR count). The van der Waals surface area contributed by atoms with Crippen LogP contribution < -0.4 is 5.32 Å². The van der Waals surface area contributed by atoms with Gasteiger partial charge in [0.25, 0.3) is 0 Å². The molecule has 0 saturated heterocycles. The summed E-state index contributed by atoms with van der Waals surface area (Å²) in [6.07, 6.45) is 3.96. The van der Waals surface area contributed by atoms with Crippen LogP contribution >= 0.6 is 23.2 Å². The molecule has 1 atom stereocenters.